The molecule has 0 amide bonds. The zero-order valence-corrected chi connectivity index (χ0v) is 9.18. The molecule has 0 radical (unpaired) electrons. The van der Waals surface area contributed by atoms with Crippen LogP contribution in [0.5, 0.6) is 11.5 Å². The van der Waals surface area contributed by atoms with Crippen LogP contribution in [0, 0.1) is 6.92 Å². The van der Waals surface area contributed by atoms with Gasteiger partial charge in [0.1, 0.15) is 11.5 Å². The van der Waals surface area contributed by atoms with Crippen molar-refractivity contribution in [2.24, 2.45) is 0 Å². The molecule has 0 saturated carbocycles. The molecule has 2 heteroatoms. The van der Waals surface area contributed by atoms with Crippen LogP contribution in [-0.2, 0) is 6.61 Å². The fourth-order valence-electron chi connectivity index (χ4n) is 1.41. The molecule has 0 atom stereocenters. The number of rotatable bonds is 3. The Balaban J connectivity index is 2.11. The maximum atomic E-state index is 8.91. The van der Waals surface area contributed by atoms with Crippen molar-refractivity contribution in [1.29, 1.82) is 0 Å². The van der Waals surface area contributed by atoms with Crippen molar-refractivity contribution in [2.75, 3.05) is 0 Å². The number of ether oxygens (including phenoxy) is 1. The third-order valence-electron chi connectivity index (χ3n) is 2.36. The van der Waals surface area contributed by atoms with Gasteiger partial charge in [-0.25, -0.2) is 0 Å². The lowest BCUT2D eigenvalue weighted by Gasteiger charge is -2.06. The summed E-state index contributed by atoms with van der Waals surface area (Å²) in [5, 5.41) is 8.91. The number of hydrogen-bond acceptors (Lipinski definition) is 2. The van der Waals surface area contributed by atoms with Gasteiger partial charge in [-0.05, 0) is 36.8 Å². The van der Waals surface area contributed by atoms with Gasteiger partial charge in [-0.2, -0.15) is 0 Å². The lowest BCUT2D eigenvalue weighted by molar-refractivity contribution is 0.281. The average molecular weight is 214 g/mol. The van der Waals surface area contributed by atoms with Crippen molar-refractivity contribution < 1.29 is 9.84 Å². The number of aliphatic hydroxyl groups is 1. The van der Waals surface area contributed by atoms with Gasteiger partial charge < -0.3 is 9.84 Å². The molecule has 0 heterocycles. The monoisotopic (exact) mass is 214 g/mol. The van der Waals surface area contributed by atoms with Crippen LogP contribution in [0.2, 0.25) is 0 Å². The molecule has 2 nitrogen and oxygen atoms in total. The highest BCUT2D eigenvalue weighted by Crippen LogP contribution is 2.21. The van der Waals surface area contributed by atoms with E-state index in [4.69, 9.17) is 9.84 Å². The van der Waals surface area contributed by atoms with Crippen molar-refractivity contribution in [1.82, 2.24) is 0 Å². The summed E-state index contributed by atoms with van der Waals surface area (Å²) in [5.41, 5.74) is 2.10. The molecule has 2 rings (SSSR count). The van der Waals surface area contributed by atoms with Gasteiger partial charge in [0.25, 0.3) is 0 Å². The molecule has 2 aromatic carbocycles. The third kappa shape index (κ3) is 2.61. The second-order valence-corrected chi connectivity index (χ2v) is 3.72. The standard InChI is InChI=1S/C14H14O2/c1-11-2-6-13(7-3-11)16-14-8-4-12(10-15)5-9-14/h2-9,15H,10H2,1H3. The Labute approximate surface area is 95.1 Å². The molecule has 0 bridgehead atoms. The summed E-state index contributed by atoms with van der Waals surface area (Å²) < 4.78 is 5.65. The molecular weight excluding hydrogens is 200 g/mol. The Morgan fingerprint density at radius 3 is 1.88 bits per heavy atom. The van der Waals surface area contributed by atoms with E-state index < -0.39 is 0 Å². The number of aliphatic hydroxyl groups excluding tert-OH is 1. The molecular formula is C14H14O2. The van der Waals surface area contributed by atoms with E-state index in [1.165, 1.54) is 5.56 Å². The summed E-state index contributed by atoms with van der Waals surface area (Å²) in [5.74, 6) is 1.60. The van der Waals surface area contributed by atoms with E-state index in [0.29, 0.717) is 0 Å². The molecule has 16 heavy (non-hydrogen) atoms. The van der Waals surface area contributed by atoms with E-state index in [9.17, 15) is 0 Å². The van der Waals surface area contributed by atoms with Gasteiger partial charge in [0.15, 0.2) is 0 Å². The SMILES string of the molecule is Cc1ccc(Oc2ccc(CO)cc2)cc1. The summed E-state index contributed by atoms with van der Waals surface area (Å²) in [6.07, 6.45) is 0. The molecule has 0 aliphatic rings. The van der Waals surface area contributed by atoms with Crippen LogP contribution in [0.4, 0.5) is 0 Å². The summed E-state index contributed by atoms with van der Waals surface area (Å²) in [4.78, 5) is 0. The first-order valence-corrected chi connectivity index (χ1v) is 5.22. The predicted molar refractivity (Wildman–Crippen MR) is 63.6 cm³/mol. The number of benzene rings is 2. The fraction of sp³-hybridized carbons (Fsp3) is 0.143. The minimum Gasteiger partial charge on any atom is -0.457 e. The van der Waals surface area contributed by atoms with Crippen LogP contribution in [0.15, 0.2) is 48.5 Å². The smallest absolute Gasteiger partial charge is 0.127 e. The van der Waals surface area contributed by atoms with E-state index in [0.717, 1.165) is 17.1 Å². The Morgan fingerprint density at radius 1 is 0.875 bits per heavy atom. The van der Waals surface area contributed by atoms with Crippen LogP contribution in [0.3, 0.4) is 0 Å². The number of aryl methyl sites for hydroxylation is 1. The highest BCUT2D eigenvalue weighted by molar-refractivity contribution is 5.34. The van der Waals surface area contributed by atoms with Gasteiger partial charge in [-0.15, -0.1) is 0 Å². The number of hydrogen-bond donors (Lipinski definition) is 1. The summed E-state index contributed by atoms with van der Waals surface area (Å²) in [6.45, 7) is 2.10. The molecule has 0 fully saturated rings. The maximum Gasteiger partial charge on any atom is 0.127 e. The molecule has 2 aromatic rings. The Kier molecular flexibility index (Phi) is 3.22. The zero-order valence-electron chi connectivity index (χ0n) is 9.18. The Bertz CT molecular complexity index is 443. The van der Waals surface area contributed by atoms with Crippen LogP contribution in [-0.4, -0.2) is 5.11 Å². The van der Waals surface area contributed by atoms with E-state index in [2.05, 4.69) is 0 Å². The van der Waals surface area contributed by atoms with Crippen molar-refractivity contribution >= 4 is 0 Å². The van der Waals surface area contributed by atoms with E-state index in [1.807, 2.05) is 55.5 Å². The lowest BCUT2D eigenvalue weighted by Crippen LogP contribution is -1.86. The van der Waals surface area contributed by atoms with Gasteiger partial charge in [-0.1, -0.05) is 29.8 Å². The fourth-order valence-corrected chi connectivity index (χ4v) is 1.41. The van der Waals surface area contributed by atoms with E-state index in [1.54, 1.807) is 0 Å². The van der Waals surface area contributed by atoms with Gasteiger partial charge in [0.2, 0.25) is 0 Å². The first kappa shape index (κ1) is 10.7. The van der Waals surface area contributed by atoms with Gasteiger partial charge in [0.05, 0.1) is 6.61 Å². The van der Waals surface area contributed by atoms with Crippen LogP contribution in [0.1, 0.15) is 11.1 Å². The predicted octanol–water partition coefficient (Wildman–Crippen LogP) is 3.28. The first-order chi connectivity index (χ1) is 7.78. The normalized spacial score (nSPS) is 10.1. The first-order valence-electron chi connectivity index (χ1n) is 5.22. The van der Waals surface area contributed by atoms with Crippen molar-refractivity contribution in [3.05, 3.63) is 59.7 Å². The van der Waals surface area contributed by atoms with Crippen molar-refractivity contribution in [3.63, 3.8) is 0 Å². The van der Waals surface area contributed by atoms with E-state index in [-0.39, 0.29) is 6.61 Å². The molecule has 0 aliphatic heterocycles. The van der Waals surface area contributed by atoms with Gasteiger partial charge in [0, 0.05) is 0 Å². The second kappa shape index (κ2) is 4.81. The molecule has 0 aromatic heterocycles. The Morgan fingerprint density at radius 2 is 1.38 bits per heavy atom. The molecule has 1 N–H and O–H groups in total. The average Bonchev–Trinajstić information content (AvgIpc) is 2.33. The second-order valence-electron chi connectivity index (χ2n) is 3.72. The molecule has 0 spiro atoms. The van der Waals surface area contributed by atoms with Crippen LogP contribution < -0.4 is 4.74 Å². The van der Waals surface area contributed by atoms with Crippen LogP contribution in [0.25, 0.3) is 0 Å². The summed E-state index contributed by atoms with van der Waals surface area (Å²) in [6, 6.07) is 15.3. The maximum absolute atomic E-state index is 8.91. The Hall–Kier alpha value is -1.80. The largest absolute Gasteiger partial charge is 0.457 e. The van der Waals surface area contributed by atoms with Gasteiger partial charge >= 0.3 is 0 Å². The van der Waals surface area contributed by atoms with E-state index >= 15 is 0 Å². The minimum absolute atomic E-state index is 0.0603. The van der Waals surface area contributed by atoms with Crippen LogP contribution >= 0.6 is 0 Å². The summed E-state index contributed by atoms with van der Waals surface area (Å²) in [7, 11) is 0. The lowest BCUT2D eigenvalue weighted by atomic mass is 10.2. The highest BCUT2D eigenvalue weighted by atomic mass is 16.5. The summed E-state index contributed by atoms with van der Waals surface area (Å²) >= 11 is 0. The molecule has 0 unspecified atom stereocenters. The molecule has 82 valence electrons. The van der Waals surface area contributed by atoms with Crippen molar-refractivity contribution in [2.45, 2.75) is 13.5 Å². The van der Waals surface area contributed by atoms with Crippen molar-refractivity contribution in [3.8, 4) is 11.5 Å². The highest BCUT2D eigenvalue weighted by Gasteiger charge is 1.97. The molecule has 0 saturated heterocycles. The minimum atomic E-state index is 0.0603. The molecule has 0 aliphatic carbocycles. The van der Waals surface area contributed by atoms with Gasteiger partial charge in [-0.3, -0.25) is 0 Å². The zero-order chi connectivity index (χ0) is 11.4. The third-order valence-corrected chi connectivity index (χ3v) is 2.36. The quantitative estimate of drug-likeness (QED) is 0.849. The topological polar surface area (TPSA) is 29.5 Å².